The van der Waals surface area contributed by atoms with E-state index in [1.54, 1.807) is 28.8 Å². The minimum Gasteiger partial charge on any atom is -0.352 e. The molecule has 3 aromatic rings. The number of aryl methyl sites for hydroxylation is 2. The first-order valence-electron chi connectivity index (χ1n) is 9.51. The van der Waals surface area contributed by atoms with Crippen molar-refractivity contribution in [3.05, 3.63) is 66.0 Å². The van der Waals surface area contributed by atoms with Gasteiger partial charge in [-0.2, -0.15) is 4.31 Å². The van der Waals surface area contributed by atoms with E-state index in [2.05, 4.69) is 20.1 Å². The van der Waals surface area contributed by atoms with Crippen LogP contribution in [0.15, 0.2) is 59.8 Å². The van der Waals surface area contributed by atoms with Crippen molar-refractivity contribution in [3.8, 4) is 11.3 Å². The molecule has 1 saturated heterocycles. The topological polar surface area (TPSA) is 79.3 Å². The van der Waals surface area contributed by atoms with Crippen molar-refractivity contribution in [3.63, 3.8) is 0 Å². The van der Waals surface area contributed by atoms with Crippen molar-refractivity contribution in [1.82, 2.24) is 19.5 Å². The highest BCUT2D eigenvalue weighted by Gasteiger charge is 2.29. The lowest BCUT2D eigenvalue weighted by atomic mass is 10.1. The quantitative estimate of drug-likeness (QED) is 0.659. The minimum absolute atomic E-state index is 0.356. The molecule has 0 atom stereocenters. The average Bonchev–Trinajstić information content (AvgIpc) is 2.76. The monoisotopic (exact) mass is 409 g/mol. The largest absolute Gasteiger partial charge is 0.352 e. The fraction of sp³-hybridized carbons (Fsp3) is 0.286. The molecule has 0 bridgehead atoms. The van der Waals surface area contributed by atoms with Crippen LogP contribution in [-0.4, -0.2) is 54.1 Å². The smallest absolute Gasteiger partial charge is 0.243 e. The minimum atomic E-state index is -3.49. The molecule has 29 heavy (non-hydrogen) atoms. The van der Waals surface area contributed by atoms with Crippen LogP contribution in [0, 0.1) is 13.8 Å². The number of aromatic nitrogens is 3. The van der Waals surface area contributed by atoms with E-state index < -0.39 is 10.0 Å². The van der Waals surface area contributed by atoms with Gasteiger partial charge in [-0.05, 0) is 61.4 Å². The number of benzene rings is 1. The molecule has 0 radical (unpaired) electrons. The number of hydrogen-bond donors (Lipinski definition) is 0. The highest BCUT2D eigenvalue weighted by molar-refractivity contribution is 7.89. The zero-order valence-electron chi connectivity index (χ0n) is 16.5. The van der Waals surface area contributed by atoms with Gasteiger partial charge in [0.2, 0.25) is 10.0 Å². The van der Waals surface area contributed by atoms with E-state index in [0.29, 0.717) is 31.1 Å². The molecule has 150 valence electrons. The van der Waals surface area contributed by atoms with Crippen molar-refractivity contribution in [1.29, 1.82) is 0 Å². The van der Waals surface area contributed by atoms with Crippen LogP contribution in [0.3, 0.4) is 0 Å². The lowest BCUT2D eigenvalue weighted by Gasteiger charge is -2.34. The summed E-state index contributed by atoms with van der Waals surface area (Å²) < 4.78 is 27.5. The number of pyridine rings is 1. The number of rotatable bonds is 4. The van der Waals surface area contributed by atoms with Gasteiger partial charge in [-0.15, -0.1) is 10.2 Å². The molecule has 1 aliphatic rings. The molecule has 0 N–H and O–H groups in total. The normalized spacial score (nSPS) is 15.4. The van der Waals surface area contributed by atoms with Gasteiger partial charge >= 0.3 is 0 Å². The number of nitrogens with zero attached hydrogens (tertiary/aromatic N) is 5. The standard InChI is InChI=1S/C21H23N5O2S/c1-16-5-6-19(14-17(16)2)29(27,28)26-12-10-25(11-13-26)21-8-7-20(23-24-21)18-4-3-9-22-15-18/h3-9,14-15H,10-13H2,1-2H3. The van der Waals surface area contributed by atoms with Crippen LogP contribution in [0.2, 0.25) is 0 Å². The molecule has 0 spiro atoms. The second-order valence-corrected chi connectivity index (χ2v) is 9.09. The summed E-state index contributed by atoms with van der Waals surface area (Å²) in [5.41, 5.74) is 3.74. The van der Waals surface area contributed by atoms with Crippen LogP contribution >= 0.6 is 0 Å². The Labute approximate surface area is 171 Å². The van der Waals surface area contributed by atoms with Crippen LogP contribution in [0.4, 0.5) is 5.82 Å². The Morgan fingerprint density at radius 2 is 1.69 bits per heavy atom. The van der Waals surface area contributed by atoms with Crippen molar-refractivity contribution in [2.45, 2.75) is 18.7 Å². The summed E-state index contributed by atoms with van der Waals surface area (Å²) in [4.78, 5) is 6.52. The fourth-order valence-electron chi connectivity index (χ4n) is 3.34. The second kappa shape index (κ2) is 7.88. The van der Waals surface area contributed by atoms with Gasteiger partial charge in [0.05, 0.1) is 10.6 Å². The summed E-state index contributed by atoms with van der Waals surface area (Å²) in [7, 11) is -3.49. The van der Waals surface area contributed by atoms with E-state index in [9.17, 15) is 8.42 Å². The molecular weight excluding hydrogens is 386 g/mol. The van der Waals surface area contributed by atoms with Gasteiger partial charge in [0.15, 0.2) is 5.82 Å². The number of sulfonamides is 1. The predicted molar refractivity (Wildman–Crippen MR) is 112 cm³/mol. The molecule has 7 nitrogen and oxygen atoms in total. The first-order valence-corrected chi connectivity index (χ1v) is 11.0. The molecule has 3 heterocycles. The molecule has 2 aromatic heterocycles. The molecule has 0 saturated carbocycles. The molecular formula is C21H23N5O2S. The van der Waals surface area contributed by atoms with Crippen LogP contribution < -0.4 is 4.90 Å². The van der Waals surface area contributed by atoms with E-state index in [0.717, 1.165) is 28.2 Å². The lowest BCUT2D eigenvalue weighted by molar-refractivity contribution is 0.383. The van der Waals surface area contributed by atoms with Gasteiger partial charge in [0.25, 0.3) is 0 Å². The summed E-state index contributed by atoms with van der Waals surface area (Å²) in [5.74, 6) is 0.751. The van der Waals surface area contributed by atoms with Crippen LogP contribution in [0.5, 0.6) is 0 Å². The van der Waals surface area contributed by atoms with E-state index in [4.69, 9.17) is 0 Å². The van der Waals surface area contributed by atoms with Crippen molar-refractivity contribution >= 4 is 15.8 Å². The van der Waals surface area contributed by atoms with E-state index >= 15 is 0 Å². The van der Waals surface area contributed by atoms with E-state index in [-0.39, 0.29) is 0 Å². The maximum atomic E-state index is 13.0. The molecule has 4 rings (SSSR count). The highest BCUT2D eigenvalue weighted by Crippen LogP contribution is 2.23. The Morgan fingerprint density at radius 1 is 0.897 bits per heavy atom. The first kappa shape index (κ1) is 19.5. The summed E-state index contributed by atoms with van der Waals surface area (Å²) in [5, 5.41) is 8.62. The van der Waals surface area contributed by atoms with Crippen LogP contribution in [-0.2, 0) is 10.0 Å². The molecule has 1 aliphatic heterocycles. The third-order valence-corrected chi connectivity index (χ3v) is 7.18. The van der Waals surface area contributed by atoms with E-state index in [1.807, 2.05) is 44.2 Å². The Morgan fingerprint density at radius 3 is 2.31 bits per heavy atom. The Bertz CT molecular complexity index is 1090. The van der Waals surface area contributed by atoms with Gasteiger partial charge in [-0.25, -0.2) is 8.42 Å². The van der Waals surface area contributed by atoms with Crippen molar-refractivity contribution in [2.24, 2.45) is 0 Å². The van der Waals surface area contributed by atoms with Gasteiger partial charge < -0.3 is 4.90 Å². The Kier molecular flexibility index (Phi) is 5.29. The summed E-state index contributed by atoms with van der Waals surface area (Å²) in [6.45, 7) is 5.89. The molecule has 0 amide bonds. The number of hydrogen-bond acceptors (Lipinski definition) is 6. The molecule has 0 unspecified atom stereocenters. The van der Waals surface area contributed by atoms with Crippen LogP contribution in [0.25, 0.3) is 11.3 Å². The second-order valence-electron chi connectivity index (χ2n) is 7.16. The number of anilines is 1. The van der Waals surface area contributed by atoms with Gasteiger partial charge in [-0.1, -0.05) is 6.07 Å². The van der Waals surface area contributed by atoms with Crippen molar-refractivity contribution in [2.75, 3.05) is 31.1 Å². The zero-order chi connectivity index (χ0) is 20.4. The molecule has 1 aromatic carbocycles. The zero-order valence-corrected chi connectivity index (χ0v) is 17.3. The van der Waals surface area contributed by atoms with Crippen molar-refractivity contribution < 1.29 is 8.42 Å². The first-order chi connectivity index (χ1) is 13.9. The highest BCUT2D eigenvalue weighted by atomic mass is 32.2. The Hall–Kier alpha value is -2.84. The predicted octanol–water partition coefficient (Wildman–Crippen LogP) is 2.67. The maximum Gasteiger partial charge on any atom is 0.243 e. The van der Waals surface area contributed by atoms with Crippen LogP contribution in [0.1, 0.15) is 11.1 Å². The molecule has 1 fully saturated rings. The van der Waals surface area contributed by atoms with Gasteiger partial charge in [-0.3, -0.25) is 4.98 Å². The average molecular weight is 410 g/mol. The molecule has 8 heteroatoms. The third-order valence-electron chi connectivity index (χ3n) is 5.29. The lowest BCUT2D eigenvalue weighted by Crippen LogP contribution is -2.49. The van der Waals surface area contributed by atoms with Gasteiger partial charge in [0, 0.05) is 44.1 Å². The summed E-state index contributed by atoms with van der Waals surface area (Å²) in [6.07, 6.45) is 3.47. The molecule has 0 aliphatic carbocycles. The van der Waals surface area contributed by atoms with Gasteiger partial charge in [0.1, 0.15) is 0 Å². The summed E-state index contributed by atoms with van der Waals surface area (Å²) >= 11 is 0. The maximum absolute atomic E-state index is 13.0. The third kappa shape index (κ3) is 3.99. The number of piperazine rings is 1. The van der Waals surface area contributed by atoms with E-state index in [1.165, 1.54) is 0 Å². The Balaban J connectivity index is 1.44. The summed E-state index contributed by atoms with van der Waals surface area (Å²) in [6, 6.07) is 12.9. The fourth-order valence-corrected chi connectivity index (χ4v) is 4.85. The SMILES string of the molecule is Cc1ccc(S(=O)(=O)N2CCN(c3ccc(-c4cccnc4)nn3)CC2)cc1C.